The second-order valence-electron chi connectivity index (χ2n) is 5.05. The van der Waals surface area contributed by atoms with Crippen molar-refractivity contribution in [2.24, 2.45) is 0 Å². The molecule has 0 aromatic heterocycles. The first kappa shape index (κ1) is 17.2. The van der Waals surface area contributed by atoms with Crippen LogP contribution in [-0.2, 0) is 19.1 Å². The standard InChI is InChI=1S/C17H21NO5/c1-2-21-15(19)11-8-13-6-9-14(10-7-13)17(20)18-23-16-5-3-4-12-22-16/h6-11,16H,2-5,12H2,1H3,(H,18,20)/b11-8+. The lowest BCUT2D eigenvalue weighted by Crippen LogP contribution is -2.33. The summed E-state index contributed by atoms with van der Waals surface area (Å²) in [5.74, 6) is -0.727. The lowest BCUT2D eigenvalue weighted by molar-refractivity contribution is -0.186. The van der Waals surface area contributed by atoms with Crippen LogP contribution in [-0.4, -0.2) is 31.4 Å². The predicted octanol–water partition coefficient (Wildman–Crippen LogP) is 2.45. The molecule has 0 radical (unpaired) electrons. The van der Waals surface area contributed by atoms with E-state index in [0.717, 1.165) is 24.8 Å². The van der Waals surface area contributed by atoms with Crippen LogP contribution in [0.2, 0.25) is 0 Å². The van der Waals surface area contributed by atoms with Crippen molar-refractivity contribution in [3.63, 3.8) is 0 Å². The zero-order valence-electron chi connectivity index (χ0n) is 13.1. The number of carbonyl (C=O) groups excluding carboxylic acids is 2. The number of hydroxylamine groups is 1. The van der Waals surface area contributed by atoms with Gasteiger partial charge in [0.1, 0.15) is 0 Å². The van der Waals surface area contributed by atoms with Gasteiger partial charge in [0.05, 0.1) is 6.61 Å². The third-order valence-corrected chi connectivity index (χ3v) is 3.29. The highest BCUT2D eigenvalue weighted by Gasteiger charge is 2.16. The first-order valence-electron chi connectivity index (χ1n) is 7.71. The van der Waals surface area contributed by atoms with Crippen molar-refractivity contribution in [1.29, 1.82) is 0 Å². The molecule has 1 atom stereocenters. The van der Waals surface area contributed by atoms with Gasteiger partial charge in [0.25, 0.3) is 5.91 Å². The van der Waals surface area contributed by atoms with E-state index in [9.17, 15) is 9.59 Å². The summed E-state index contributed by atoms with van der Waals surface area (Å²) in [6, 6.07) is 6.79. The number of hydrogen-bond donors (Lipinski definition) is 1. The number of ether oxygens (including phenoxy) is 2. The molecular weight excluding hydrogens is 298 g/mol. The van der Waals surface area contributed by atoms with E-state index in [1.54, 1.807) is 37.3 Å². The Morgan fingerprint density at radius 1 is 1.30 bits per heavy atom. The molecule has 0 saturated carbocycles. The van der Waals surface area contributed by atoms with Gasteiger partial charge in [0.2, 0.25) is 0 Å². The predicted molar refractivity (Wildman–Crippen MR) is 84.3 cm³/mol. The van der Waals surface area contributed by atoms with Crippen molar-refractivity contribution in [1.82, 2.24) is 5.48 Å². The molecule has 23 heavy (non-hydrogen) atoms. The minimum atomic E-state index is -0.393. The van der Waals surface area contributed by atoms with Gasteiger partial charge >= 0.3 is 5.97 Å². The van der Waals surface area contributed by atoms with Gasteiger partial charge in [-0.2, -0.15) is 0 Å². The highest BCUT2D eigenvalue weighted by atomic mass is 16.8. The van der Waals surface area contributed by atoms with Crippen LogP contribution >= 0.6 is 0 Å². The fourth-order valence-corrected chi connectivity index (χ4v) is 2.08. The van der Waals surface area contributed by atoms with E-state index >= 15 is 0 Å². The second kappa shape index (κ2) is 9.07. The molecule has 6 heteroatoms. The molecule has 1 aliphatic rings. The van der Waals surface area contributed by atoms with Crippen LogP contribution in [0.25, 0.3) is 6.08 Å². The quantitative estimate of drug-likeness (QED) is 0.495. The maximum Gasteiger partial charge on any atom is 0.330 e. The third kappa shape index (κ3) is 5.84. The fraction of sp³-hybridized carbons (Fsp3) is 0.412. The number of hydrogen-bond acceptors (Lipinski definition) is 5. The maximum atomic E-state index is 12.0. The van der Waals surface area contributed by atoms with Gasteiger partial charge in [0, 0.05) is 24.7 Å². The summed E-state index contributed by atoms with van der Waals surface area (Å²) in [7, 11) is 0. The molecule has 2 rings (SSSR count). The molecule has 1 N–H and O–H groups in total. The summed E-state index contributed by atoms with van der Waals surface area (Å²) < 4.78 is 10.2. The normalized spacial score (nSPS) is 17.9. The number of benzene rings is 1. The van der Waals surface area contributed by atoms with E-state index in [-0.39, 0.29) is 12.2 Å². The summed E-state index contributed by atoms with van der Waals surface area (Å²) in [6.07, 6.45) is 5.43. The van der Waals surface area contributed by atoms with E-state index < -0.39 is 5.97 Å². The third-order valence-electron chi connectivity index (χ3n) is 3.29. The average molecular weight is 319 g/mol. The molecule has 1 amide bonds. The van der Waals surface area contributed by atoms with Gasteiger partial charge in [-0.25, -0.2) is 15.1 Å². The van der Waals surface area contributed by atoms with E-state index in [1.165, 1.54) is 6.08 Å². The van der Waals surface area contributed by atoms with Gasteiger partial charge in [-0.15, -0.1) is 0 Å². The molecule has 1 aliphatic heterocycles. The Bertz CT molecular complexity index is 547. The Hall–Kier alpha value is -2.18. The summed E-state index contributed by atoms with van der Waals surface area (Å²) in [4.78, 5) is 28.4. The number of nitrogens with one attached hydrogen (secondary N) is 1. The average Bonchev–Trinajstić information content (AvgIpc) is 2.59. The molecule has 0 bridgehead atoms. The summed E-state index contributed by atoms with van der Waals surface area (Å²) in [5.41, 5.74) is 3.66. The summed E-state index contributed by atoms with van der Waals surface area (Å²) >= 11 is 0. The number of rotatable bonds is 6. The van der Waals surface area contributed by atoms with Crippen LogP contribution in [0.15, 0.2) is 30.3 Å². The lowest BCUT2D eigenvalue weighted by Gasteiger charge is -2.22. The molecule has 1 saturated heterocycles. The molecule has 0 aliphatic carbocycles. The molecule has 1 aromatic rings. The monoisotopic (exact) mass is 319 g/mol. The van der Waals surface area contributed by atoms with E-state index in [2.05, 4.69) is 5.48 Å². The molecule has 6 nitrogen and oxygen atoms in total. The Morgan fingerprint density at radius 3 is 2.74 bits per heavy atom. The topological polar surface area (TPSA) is 73.9 Å². The van der Waals surface area contributed by atoms with Gasteiger partial charge in [0.15, 0.2) is 6.29 Å². The second-order valence-corrected chi connectivity index (χ2v) is 5.05. The molecule has 1 unspecified atom stereocenters. The fourth-order valence-electron chi connectivity index (χ4n) is 2.08. The van der Waals surface area contributed by atoms with Crippen LogP contribution < -0.4 is 5.48 Å². The minimum absolute atomic E-state index is 0.333. The van der Waals surface area contributed by atoms with Crippen LogP contribution in [0.4, 0.5) is 0 Å². The van der Waals surface area contributed by atoms with Crippen LogP contribution in [0.5, 0.6) is 0 Å². The van der Waals surface area contributed by atoms with Crippen molar-refractivity contribution in [3.8, 4) is 0 Å². The van der Waals surface area contributed by atoms with E-state index in [0.29, 0.717) is 18.8 Å². The smallest absolute Gasteiger partial charge is 0.330 e. The van der Waals surface area contributed by atoms with Crippen molar-refractivity contribution < 1.29 is 23.9 Å². The first-order chi connectivity index (χ1) is 11.2. The molecular formula is C17H21NO5. The van der Waals surface area contributed by atoms with E-state index in [4.69, 9.17) is 14.3 Å². The number of esters is 1. The number of carbonyl (C=O) groups is 2. The molecule has 124 valence electrons. The van der Waals surface area contributed by atoms with Gasteiger partial charge in [-0.05, 0) is 43.5 Å². The Kier molecular flexibility index (Phi) is 6.77. The van der Waals surface area contributed by atoms with E-state index in [1.807, 2.05) is 0 Å². The van der Waals surface area contributed by atoms with Crippen LogP contribution in [0, 0.1) is 0 Å². The minimum Gasteiger partial charge on any atom is -0.463 e. The first-order valence-corrected chi connectivity index (χ1v) is 7.71. The Morgan fingerprint density at radius 2 is 2.09 bits per heavy atom. The van der Waals surface area contributed by atoms with Crippen LogP contribution in [0.3, 0.4) is 0 Å². The Balaban J connectivity index is 1.83. The van der Waals surface area contributed by atoms with Gasteiger partial charge < -0.3 is 9.47 Å². The van der Waals surface area contributed by atoms with Crippen molar-refractivity contribution in [2.75, 3.05) is 13.2 Å². The zero-order chi connectivity index (χ0) is 16.5. The molecule has 1 heterocycles. The summed E-state index contributed by atoms with van der Waals surface area (Å²) in [6.45, 7) is 2.74. The van der Waals surface area contributed by atoms with Gasteiger partial charge in [-0.3, -0.25) is 4.79 Å². The summed E-state index contributed by atoms with van der Waals surface area (Å²) in [5, 5.41) is 0. The zero-order valence-corrected chi connectivity index (χ0v) is 13.1. The van der Waals surface area contributed by atoms with Crippen molar-refractivity contribution in [2.45, 2.75) is 32.5 Å². The maximum absolute atomic E-state index is 12.0. The number of amides is 1. The molecule has 1 aromatic carbocycles. The molecule has 1 fully saturated rings. The lowest BCUT2D eigenvalue weighted by atomic mass is 10.1. The molecule has 0 spiro atoms. The largest absolute Gasteiger partial charge is 0.463 e. The SMILES string of the molecule is CCOC(=O)/C=C/c1ccc(C(=O)NOC2CCCCO2)cc1. The van der Waals surface area contributed by atoms with Gasteiger partial charge in [-0.1, -0.05) is 12.1 Å². The van der Waals surface area contributed by atoms with Crippen molar-refractivity contribution >= 4 is 18.0 Å². The highest BCUT2D eigenvalue weighted by molar-refractivity contribution is 5.93. The van der Waals surface area contributed by atoms with Crippen LogP contribution in [0.1, 0.15) is 42.1 Å². The Labute approximate surface area is 135 Å². The van der Waals surface area contributed by atoms with Crippen molar-refractivity contribution in [3.05, 3.63) is 41.5 Å². The highest BCUT2D eigenvalue weighted by Crippen LogP contribution is 2.13.